The van der Waals surface area contributed by atoms with Crippen LogP contribution in [0.2, 0.25) is 0 Å². The maximum absolute atomic E-state index is 12.0. The third-order valence-electron chi connectivity index (χ3n) is 2.47. The summed E-state index contributed by atoms with van der Waals surface area (Å²) in [7, 11) is 1.55. The van der Waals surface area contributed by atoms with Gasteiger partial charge in [0.15, 0.2) is 0 Å². The monoisotopic (exact) mass is 301 g/mol. The van der Waals surface area contributed by atoms with Crippen LogP contribution in [0.25, 0.3) is 0 Å². The van der Waals surface area contributed by atoms with E-state index in [9.17, 15) is 4.79 Å². The molecule has 1 atom stereocenters. The standard InChI is InChI=1S/C12H16BrNO3/c1-3-8(7-15)14-12(16)10-6-9(17-2)4-5-11(10)13/h4-6,8,15H,3,7H2,1-2H3,(H,14,16)/t8-/m0/s1. The Bertz CT molecular complexity index is 391. The van der Waals surface area contributed by atoms with E-state index in [-0.39, 0.29) is 18.6 Å². The number of amides is 1. The molecule has 1 aromatic rings. The highest BCUT2D eigenvalue weighted by molar-refractivity contribution is 9.10. The maximum Gasteiger partial charge on any atom is 0.252 e. The molecule has 0 spiro atoms. The van der Waals surface area contributed by atoms with Crippen molar-refractivity contribution in [3.05, 3.63) is 28.2 Å². The molecule has 0 aliphatic carbocycles. The molecule has 0 radical (unpaired) electrons. The summed E-state index contributed by atoms with van der Waals surface area (Å²) in [6, 6.07) is 4.96. The number of ether oxygens (including phenoxy) is 1. The first kappa shape index (κ1) is 14.0. The molecule has 0 aromatic heterocycles. The van der Waals surface area contributed by atoms with Crippen LogP contribution < -0.4 is 10.1 Å². The summed E-state index contributed by atoms with van der Waals surface area (Å²) in [5.74, 6) is 0.395. The van der Waals surface area contributed by atoms with Crippen molar-refractivity contribution in [2.45, 2.75) is 19.4 Å². The average molecular weight is 302 g/mol. The zero-order chi connectivity index (χ0) is 12.8. The number of halogens is 1. The molecular weight excluding hydrogens is 286 g/mol. The van der Waals surface area contributed by atoms with Crippen molar-refractivity contribution in [2.75, 3.05) is 13.7 Å². The number of carbonyl (C=O) groups is 1. The molecule has 1 aromatic carbocycles. The molecule has 0 unspecified atom stereocenters. The van der Waals surface area contributed by atoms with Crippen LogP contribution in [0.15, 0.2) is 22.7 Å². The first-order valence-electron chi connectivity index (χ1n) is 5.37. The summed E-state index contributed by atoms with van der Waals surface area (Å²) in [6.45, 7) is 1.84. The fraction of sp³-hybridized carbons (Fsp3) is 0.417. The molecule has 0 saturated carbocycles. The van der Waals surface area contributed by atoms with Gasteiger partial charge in [-0.15, -0.1) is 0 Å². The summed E-state index contributed by atoms with van der Waals surface area (Å²) in [5.41, 5.74) is 0.497. The minimum atomic E-state index is -0.225. The summed E-state index contributed by atoms with van der Waals surface area (Å²) in [5, 5.41) is 11.8. The van der Waals surface area contributed by atoms with Gasteiger partial charge in [0.1, 0.15) is 5.75 Å². The number of hydrogen-bond acceptors (Lipinski definition) is 3. The normalized spacial score (nSPS) is 12.0. The van der Waals surface area contributed by atoms with Crippen LogP contribution in [0, 0.1) is 0 Å². The lowest BCUT2D eigenvalue weighted by Gasteiger charge is -2.15. The van der Waals surface area contributed by atoms with E-state index < -0.39 is 0 Å². The highest BCUT2D eigenvalue weighted by Crippen LogP contribution is 2.22. The van der Waals surface area contributed by atoms with E-state index in [0.717, 1.165) is 0 Å². The fourth-order valence-electron chi connectivity index (χ4n) is 1.35. The lowest BCUT2D eigenvalue weighted by molar-refractivity contribution is 0.0914. The van der Waals surface area contributed by atoms with Gasteiger partial charge in [-0.1, -0.05) is 6.92 Å². The molecule has 1 rings (SSSR count). The Balaban J connectivity index is 2.87. The number of hydrogen-bond donors (Lipinski definition) is 2. The van der Waals surface area contributed by atoms with Gasteiger partial charge in [0.25, 0.3) is 5.91 Å². The molecule has 0 aliphatic heterocycles. The number of rotatable bonds is 5. The van der Waals surface area contributed by atoms with Crippen molar-refractivity contribution in [1.82, 2.24) is 5.32 Å². The molecular formula is C12H16BrNO3. The number of methoxy groups -OCH3 is 1. The summed E-state index contributed by atoms with van der Waals surface area (Å²) in [4.78, 5) is 12.0. The van der Waals surface area contributed by atoms with Gasteiger partial charge in [-0.2, -0.15) is 0 Å². The number of benzene rings is 1. The largest absolute Gasteiger partial charge is 0.497 e. The van der Waals surface area contributed by atoms with Gasteiger partial charge >= 0.3 is 0 Å². The van der Waals surface area contributed by atoms with Crippen LogP contribution in [0.5, 0.6) is 5.75 Å². The summed E-state index contributed by atoms with van der Waals surface area (Å²) >= 11 is 3.32. The highest BCUT2D eigenvalue weighted by Gasteiger charge is 2.14. The Kier molecular flexibility index (Phi) is 5.44. The molecule has 0 aliphatic rings. The van der Waals surface area contributed by atoms with E-state index in [1.54, 1.807) is 25.3 Å². The molecule has 0 heterocycles. The lowest BCUT2D eigenvalue weighted by Crippen LogP contribution is -2.37. The Hall–Kier alpha value is -1.07. The lowest BCUT2D eigenvalue weighted by atomic mass is 10.1. The van der Waals surface area contributed by atoms with E-state index in [4.69, 9.17) is 9.84 Å². The second-order valence-corrected chi connectivity index (χ2v) is 4.46. The second kappa shape index (κ2) is 6.61. The fourth-order valence-corrected chi connectivity index (χ4v) is 1.77. The Labute approximate surface area is 109 Å². The van der Waals surface area contributed by atoms with Crippen LogP contribution in [0.3, 0.4) is 0 Å². The van der Waals surface area contributed by atoms with Crippen molar-refractivity contribution in [3.8, 4) is 5.75 Å². The van der Waals surface area contributed by atoms with Crippen LogP contribution >= 0.6 is 15.9 Å². The average Bonchev–Trinajstić information content (AvgIpc) is 2.36. The van der Waals surface area contributed by atoms with Gasteiger partial charge in [-0.25, -0.2) is 0 Å². The van der Waals surface area contributed by atoms with Gasteiger partial charge in [-0.05, 0) is 40.5 Å². The van der Waals surface area contributed by atoms with Crippen LogP contribution in [-0.2, 0) is 0 Å². The second-order valence-electron chi connectivity index (χ2n) is 3.61. The van der Waals surface area contributed by atoms with Gasteiger partial charge < -0.3 is 15.2 Å². The number of aliphatic hydroxyl groups excluding tert-OH is 1. The molecule has 2 N–H and O–H groups in total. The van der Waals surface area contributed by atoms with Crippen LogP contribution in [-0.4, -0.2) is 30.8 Å². The highest BCUT2D eigenvalue weighted by atomic mass is 79.9. The molecule has 17 heavy (non-hydrogen) atoms. The van der Waals surface area contributed by atoms with E-state index in [0.29, 0.717) is 22.2 Å². The van der Waals surface area contributed by atoms with E-state index in [2.05, 4.69) is 21.2 Å². The van der Waals surface area contributed by atoms with Gasteiger partial charge in [0.2, 0.25) is 0 Å². The summed E-state index contributed by atoms with van der Waals surface area (Å²) < 4.78 is 5.77. The smallest absolute Gasteiger partial charge is 0.252 e. The van der Waals surface area contributed by atoms with Crippen LogP contribution in [0.4, 0.5) is 0 Å². The molecule has 4 nitrogen and oxygen atoms in total. The Morgan fingerprint density at radius 2 is 2.29 bits per heavy atom. The molecule has 1 amide bonds. The Morgan fingerprint density at radius 3 is 2.82 bits per heavy atom. The molecule has 0 fully saturated rings. The topological polar surface area (TPSA) is 58.6 Å². The van der Waals surface area contributed by atoms with Gasteiger partial charge in [0.05, 0.1) is 25.3 Å². The predicted molar refractivity (Wildman–Crippen MR) is 69.3 cm³/mol. The first-order valence-corrected chi connectivity index (χ1v) is 6.17. The summed E-state index contributed by atoms with van der Waals surface area (Å²) in [6.07, 6.45) is 0.684. The minimum Gasteiger partial charge on any atom is -0.497 e. The number of nitrogens with one attached hydrogen (secondary N) is 1. The number of carbonyl (C=O) groups excluding carboxylic acids is 1. The predicted octanol–water partition coefficient (Wildman–Crippen LogP) is 1.96. The quantitative estimate of drug-likeness (QED) is 0.874. The van der Waals surface area contributed by atoms with E-state index in [1.807, 2.05) is 6.92 Å². The van der Waals surface area contributed by atoms with E-state index in [1.165, 1.54) is 0 Å². The zero-order valence-electron chi connectivity index (χ0n) is 9.87. The van der Waals surface area contributed by atoms with Crippen molar-refractivity contribution in [3.63, 3.8) is 0 Å². The third-order valence-corrected chi connectivity index (χ3v) is 3.16. The molecule has 0 saturated heterocycles. The van der Waals surface area contributed by atoms with Crippen molar-refractivity contribution < 1.29 is 14.6 Å². The van der Waals surface area contributed by atoms with Crippen molar-refractivity contribution >= 4 is 21.8 Å². The number of aliphatic hydroxyl groups is 1. The van der Waals surface area contributed by atoms with Gasteiger partial charge in [-0.3, -0.25) is 4.79 Å². The maximum atomic E-state index is 12.0. The van der Waals surface area contributed by atoms with Crippen molar-refractivity contribution in [2.24, 2.45) is 0 Å². The molecule has 5 heteroatoms. The first-order chi connectivity index (χ1) is 8.12. The van der Waals surface area contributed by atoms with Gasteiger partial charge in [0, 0.05) is 4.47 Å². The SMILES string of the molecule is CC[C@@H](CO)NC(=O)c1cc(OC)ccc1Br. The van der Waals surface area contributed by atoms with Crippen molar-refractivity contribution in [1.29, 1.82) is 0 Å². The molecule has 94 valence electrons. The Morgan fingerprint density at radius 1 is 1.59 bits per heavy atom. The minimum absolute atomic E-state index is 0.0656. The van der Waals surface area contributed by atoms with Crippen LogP contribution in [0.1, 0.15) is 23.7 Å². The zero-order valence-corrected chi connectivity index (χ0v) is 11.5. The third kappa shape index (κ3) is 3.71. The van der Waals surface area contributed by atoms with E-state index >= 15 is 0 Å². The molecule has 0 bridgehead atoms.